The average Bonchev–Trinajstić information content (AvgIpc) is 3.52. The molecule has 250 valence electrons. The van der Waals surface area contributed by atoms with Crippen molar-refractivity contribution in [2.24, 2.45) is 0 Å². The fourth-order valence-corrected chi connectivity index (χ4v) is 5.48. The van der Waals surface area contributed by atoms with Crippen molar-refractivity contribution in [1.29, 1.82) is 0 Å². The Labute approximate surface area is 269 Å². The number of hydrogen-bond donors (Lipinski definition) is 4. The Morgan fingerprint density at radius 3 is 2.51 bits per heavy atom. The van der Waals surface area contributed by atoms with Gasteiger partial charge in [0.25, 0.3) is 5.91 Å². The molecule has 2 heterocycles. The number of aliphatic hydroxyl groups excluding tert-OH is 1. The molecule has 2 aromatic heterocycles. The maximum absolute atomic E-state index is 14.2. The number of nitrogens with one attached hydrogen (secondary N) is 3. The third-order valence-electron chi connectivity index (χ3n) is 6.75. The van der Waals surface area contributed by atoms with E-state index in [2.05, 4.69) is 31.0 Å². The lowest BCUT2D eigenvalue weighted by Crippen LogP contribution is -2.21. The highest BCUT2D eigenvalue weighted by molar-refractivity contribution is 7.38. The zero-order valence-corrected chi connectivity index (χ0v) is 26.9. The predicted octanol–water partition coefficient (Wildman–Crippen LogP) is 5.88. The summed E-state index contributed by atoms with van der Waals surface area (Å²) < 4.78 is 72.3. The van der Waals surface area contributed by atoms with Gasteiger partial charge in [0.05, 0.1) is 38.4 Å². The van der Waals surface area contributed by atoms with Crippen LogP contribution in [0.4, 0.5) is 36.3 Å². The van der Waals surface area contributed by atoms with Gasteiger partial charge in [-0.25, -0.2) is 4.98 Å². The van der Waals surface area contributed by atoms with Crippen molar-refractivity contribution in [3.63, 3.8) is 0 Å². The molecular formula is C30H34F3N7O6P+. The van der Waals surface area contributed by atoms with Gasteiger partial charge in [-0.05, 0) is 42.2 Å². The van der Waals surface area contributed by atoms with Gasteiger partial charge in [0, 0.05) is 49.3 Å². The SMILES string of the molecule is CCO[P+](=O)Cc1ccc(Nc2ncc(C(F)(F)F)c(Nc3ccc(-c4cnn(CCCO)c4)c(OC)c3C(=O)NC)n2)c(OC)c1. The Balaban J connectivity index is 1.73. The summed E-state index contributed by atoms with van der Waals surface area (Å²) in [6.07, 6.45) is -0.337. The average molecular weight is 677 g/mol. The van der Waals surface area contributed by atoms with Crippen LogP contribution >= 0.6 is 8.03 Å². The number of aryl methyl sites for hydroxylation is 1. The van der Waals surface area contributed by atoms with Crippen molar-refractivity contribution in [2.45, 2.75) is 32.2 Å². The topological polar surface area (TPSA) is 162 Å². The van der Waals surface area contributed by atoms with Crippen LogP contribution in [0.3, 0.4) is 0 Å². The van der Waals surface area contributed by atoms with E-state index in [4.69, 9.17) is 19.1 Å². The second-order valence-corrected chi connectivity index (χ2v) is 11.1. The molecule has 17 heteroatoms. The van der Waals surface area contributed by atoms with Gasteiger partial charge >= 0.3 is 14.2 Å². The van der Waals surface area contributed by atoms with E-state index in [-0.39, 0.29) is 35.7 Å². The first-order valence-corrected chi connectivity index (χ1v) is 15.7. The Kier molecular flexibility index (Phi) is 11.7. The minimum Gasteiger partial charge on any atom is -0.495 e. The van der Waals surface area contributed by atoms with Crippen molar-refractivity contribution in [1.82, 2.24) is 25.1 Å². The molecule has 1 amide bonds. The van der Waals surface area contributed by atoms with Crippen LogP contribution in [0.5, 0.6) is 11.5 Å². The van der Waals surface area contributed by atoms with Gasteiger partial charge in [-0.15, -0.1) is 4.52 Å². The van der Waals surface area contributed by atoms with Crippen LogP contribution in [-0.2, 0) is 28.0 Å². The number of halogens is 3. The molecule has 0 aliphatic carbocycles. The molecular weight excluding hydrogens is 642 g/mol. The number of aliphatic hydroxyl groups is 1. The summed E-state index contributed by atoms with van der Waals surface area (Å²) in [5.74, 6) is -1.06. The van der Waals surface area contributed by atoms with Crippen LogP contribution in [0, 0.1) is 0 Å². The lowest BCUT2D eigenvalue weighted by atomic mass is 10.0. The van der Waals surface area contributed by atoms with Gasteiger partial charge < -0.3 is 30.5 Å². The largest absolute Gasteiger partial charge is 0.512 e. The molecule has 4 N–H and O–H groups in total. The zero-order valence-electron chi connectivity index (χ0n) is 26.0. The molecule has 0 aliphatic rings. The van der Waals surface area contributed by atoms with Crippen molar-refractivity contribution in [3.05, 3.63) is 65.6 Å². The van der Waals surface area contributed by atoms with Gasteiger partial charge in [0.15, 0.2) is 0 Å². The van der Waals surface area contributed by atoms with E-state index in [1.807, 2.05) is 0 Å². The Morgan fingerprint density at radius 1 is 1.09 bits per heavy atom. The smallest absolute Gasteiger partial charge is 0.495 e. The number of ether oxygens (including phenoxy) is 2. The first-order chi connectivity index (χ1) is 22.5. The van der Waals surface area contributed by atoms with E-state index in [1.165, 1.54) is 27.3 Å². The number of methoxy groups -OCH3 is 2. The summed E-state index contributed by atoms with van der Waals surface area (Å²) in [6.45, 7) is 2.47. The second kappa shape index (κ2) is 15.7. The Hall–Kier alpha value is -4.79. The first-order valence-electron chi connectivity index (χ1n) is 14.3. The van der Waals surface area contributed by atoms with Gasteiger partial charge in [-0.3, -0.25) is 9.48 Å². The second-order valence-electron chi connectivity index (χ2n) is 9.86. The molecule has 0 bridgehead atoms. The fourth-order valence-electron chi connectivity index (χ4n) is 4.60. The van der Waals surface area contributed by atoms with Crippen LogP contribution < -0.4 is 25.4 Å². The molecule has 1 unspecified atom stereocenters. The highest BCUT2D eigenvalue weighted by atomic mass is 31.1. The monoisotopic (exact) mass is 676 g/mol. The summed E-state index contributed by atoms with van der Waals surface area (Å²) in [5, 5.41) is 21.4. The van der Waals surface area contributed by atoms with Crippen LogP contribution in [0.1, 0.15) is 34.8 Å². The number of hydrogen-bond acceptors (Lipinski definition) is 11. The number of anilines is 4. The van der Waals surface area contributed by atoms with Crippen LogP contribution in [0.25, 0.3) is 11.1 Å². The highest BCUT2D eigenvalue weighted by Crippen LogP contribution is 2.41. The summed E-state index contributed by atoms with van der Waals surface area (Å²) in [4.78, 5) is 21.1. The lowest BCUT2D eigenvalue weighted by molar-refractivity contribution is -0.137. The third-order valence-corrected chi connectivity index (χ3v) is 7.92. The number of nitrogens with zero attached hydrogens (tertiary/aromatic N) is 4. The molecule has 0 spiro atoms. The fraction of sp³-hybridized carbons (Fsp3) is 0.333. The predicted molar refractivity (Wildman–Crippen MR) is 169 cm³/mol. The molecule has 1 atom stereocenters. The molecule has 4 aromatic rings. The summed E-state index contributed by atoms with van der Waals surface area (Å²) >= 11 is 0. The van der Waals surface area contributed by atoms with Crippen LogP contribution in [-0.4, -0.2) is 65.2 Å². The van der Waals surface area contributed by atoms with Crippen molar-refractivity contribution in [3.8, 4) is 22.6 Å². The number of alkyl halides is 3. The molecule has 2 aromatic carbocycles. The number of carbonyl (C=O) groups is 1. The number of amides is 1. The van der Waals surface area contributed by atoms with E-state index in [9.17, 15) is 22.5 Å². The number of carbonyl (C=O) groups excluding carboxylic acids is 1. The molecule has 13 nitrogen and oxygen atoms in total. The number of benzene rings is 2. The van der Waals surface area contributed by atoms with Gasteiger partial charge in [-0.1, -0.05) is 6.07 Å². The molecule has 0 fully saturated rings. The van der Waals surface area contributed by atoms with E-state index >= 15 is 0 Å². The lowest BCUT2D eigenvalue weighted by Gasteiger charge is -2.19. The van der Waals surface area contributed by atoms with Gasteiger partial charge in [0.2, 0.25) is 12.1 Å². The maximum atomic E-state index is 14.2. The van der Waals surface area contributed by atoms with E-state index in [0.717, 1.165) is 0 Å². The zero-order chi connectivity index (χ0) is 34.1. The standard InChI is InChI=1S/C30H33F3N7O6P/c1-5-46-47(43)17-18-7-9-22(24(13-18)44-3)38-29-35-15-21(30(31,32)33)27(39-29)37-23-10-8-20(26(45-4)25(23)28(42)34-2)19-14-36-40(16-19)11-6-12-41/h7-10,13-16,41H,5-6,11-12,17H2,1-4H3,(H2-,34,35,37,38,39,42)/p+1. The molecule has 4 rings (SSSR count). The molecule has 47 heavy (non-hydrogen) atoms. The third kappa shape index (κ3) is 8.52. The maximum Gasteiger partial charge on any atom is 0.512 e. The summed E-state index contributed by atoms with van der Waals surface area (Å²) in [5.41, 5.74) is 0.790. The minimum atomic E-state index is -4.85. The van der Waals surface area contributed by atoms with Gasteiger partial charge in [0.1, 0.15) is 28.4 Å². The van der Waals surface area contributed by atoms with E-state index < -0.39 is 31.5 Å². The van der Waals surface area contributed by atoms with Crippen molar-refractivity contribution in [2.75, 3.05) is 45.1 Å². The van der Waals surface area contributed by atoms with Crippen LogP contribution in [0.15, 0.2) is 48.9 Å². The first kappa shape index (κ1) is 35.1. The van der Waals surface area contributed by atoms with E-state index in [0.29, 0.717) is 53.9 Å². The molecule has 0 saturated heterocycles. The summed E-state index contributed by atoms with van der Waals surface area (Å²) in [7, 11) is 2.21. The van der Waals surface area contributed by atoms with E-state index in [1.54, 1.807) is 48.3 Å². The minimum absolute atomic E-state index is 0.0156. The molecule has 0 radical (unpaired) electrons. The van der Waals surface area contributed by atoms with Crippen molar-refractivity contribution >= 4 is 37.1 Å². The normalized spacial score (nSPS) is 11.6. The van der Waals surface area contributed by atoms with Gasteiger partial charge in [-0.2, -0.15) is 23.3 Å². The number of rotatable bonds is 15. The Morgan fingerprint density at radius 2 is 1.85 bits per heavy atom. The highest BCUT2D eigenvalue weighted by Gasteiger charge is 2.36. The molecule has 0 saturated carbocycles. The van der Waals surface area contributed by atoms with Crippen LogP contribution in [0.2, 0.25) is 0 Å². The quantitative estimate of drug-likeness (QED) is 0.111. The molecule has 0 aliphatic heterocycles. The Bertz CT molecular complexity index is 1730. The van der Waals surface area contributed by atoms with Crippen molar-refractivity contribution < 1.29 is 41.6 Å². The summed E-state index contributed by atoms with van der Waals surface area (Å²) in [6, 6.07) is 7.91. The number of aromatic nitrogens is 4.